The minimum Gasteiger partial charge on any atom is -0.375 e. The number of carbonyl (C=O) groups excluding carboxylic acids is 1. The summed E-state index contributed by atoms with van der Waals surface area (Å²) < 4.78 is 5.48. The summed E-state index contributed by atoms with van der Waals surface area (Å²) in [5.74, 6) is 0.0840. The monoisotopic (exact) mass is 202 g/mol. The van der Waals surface area contributed by atoms with Gasteiger partial charge in [-0.1, -0.05) is 0 Å². The van der Waals surface area contributed by atoms with Crippen LogP contribution < -0.4 is 5.32 Å². The molecule has 1 N–H and O–H groups in total. The second-order valence-electron chi connectivity index (χ2n) is 4.43. The molecule has 0 aliphatic carbocycles. The number of hydrogen-bond donors (Lipinski definition) is 1. The summed E-state index contributed by atoms with van der Waals surface area (Å²) in [5.41, 5.74) is -0.104. The first-order valence-electron chi connectivity index (χ1n) is 4.88. The highest BCUT2D eigenvalue weighted by Crippen LogP contribution is 2.04. The fraction of sp³-hybridized carbons (Fsp3) is 0.900. The van der Waals surface area contributed by atoms with Gasteiger partial charge in [0, 0.05) is 20.6 Å². The van der Waals surface area contributed by atoms with Crippen molar-refractivity contribution in [2.45, 2.75) is 26.4 Å². The smallest absolute Gasteiger partial charge is 0.236 e. The predicted molar refractivity (Wildman–Crippen MR) is 57.3 cm³/mol. The van der Waals surface area contributed by atoms with Gasteiger partial charge in [-0.15, -0.1) is 0 Å². The summed E-state index contributed by atoms with van der Waals surface area (Å²) in [6.45, 7) is 7.75. The SMILES string of the molecule is CN(C)C(=O)CNCCOC(C)(C)C. The Morgan fingerprint density at radius 2 is 1.93 bits per heavy atom. The average Bonchev–Trinajstić information content (AvgIpc) is 2.01. The molecule has 0 aliphatic heterocycles. The van der Waals surface area contributed by atoms with E-state index in [0.29, 0.717) is 19.7 Å². The van der Waals surface area contributed by atoms with Crippen molar-refractivity contribution in [1.82, 2.24) is 10.2 Å². The van der Waals surface area contributed by atoms with Gasteiger partial charge >= 0.3 is 0 Å². The van der Waals surface area contributed by atoms with E-state index in [-0.39, 0.29) is 11.5 Å². The zero-order chi connectivity index (χ0) is 11.2. The number of amides is 1. The Morgan fingerprint density at radius 3 is 2.36 bits per heavy atom. The van der Waals surface area contributed by atoms with Gasteiger partial charge in [0.25, 0.3) is 0 Å². The minimum atomic E-state index is -0.104. The normalized spacial score (nSPS) is 11.5. The minimum absolute atomic E-state index is 0.0840. The lowest BCUT2D eigenvalue weighted by atomic mass is 10.2. The van der Waals surface area contributed by atoms with Gasteiger partial charge in [-0.05, 0) is 20.8 Å². The van der Waals surface area contributed by atoms with Crippen LogP contribution in [-0.4, -0.2) is 50.2 Å². The molecule has 0 aromatic carbocycles. The summed E-state index contributed by atoms with van der Waals surface area (Å²) in [6, 6.07) is 0. The molecule has 4 nitrogen and oxygen atoms in total. The lowest BCUT2D eigenvalue weighted by Crippen LogP contribution is -2.35. The predicted octanol–water partition coefficient (Wildman–Crippen LogP) is 0.479. The molecule has 0 aromatic rings. The van der Waals surface area contributed by atoms with Crippen molar-refractivity contribution in [2.24, 2.45) is 0 Å². The van der Waals surface area contributed by atoms with E-state index >= 15 is 0 Å². The average molecular weight is 202 g/mol. The molecule has 0 fully saturated rings. The Hall–Kier alpha value is -0.610. The molecule has 0 aromatic heterocycles. The standard InChI is InChI=1S/C10H22N2O2/c1-10(2,3)14-7-6-11-8-9(13)12(4)5/h11H,6-8H2,1-5H3. The first kappa shape index (κ1) is 13.4. The molecule has 0 radical (unpaired) electrons. The number of rotatable bonds is 5. The first-order valence-corrected chi connectivity index (χ1v) is 4.88. The molecule has 0 atom stereocenters. The van der Waals surface area contributed by atoms with Crippen LogP contribution in [0.5, 0.6) is 0 Å². The van der Waals surface area contributed by atoms with Crippen molar-refractivity contribution >= 4 is 5.91 Å². The van der Waals surface area contributed by atoms with Crippen LogP contribution in [0.3, 0.4) is 0 Å². The molecule has 0 saturated carbocycles. The number of ether oxygens (including phenoxy) is 1. The largest absolute Gasteiger partial charge is 0.375 e. The zero-order valence-electron chi connectivity index (χ0n) is 9.89. The van der Waals surface area contributed by atoms with E-state index in [0.717, 1.165) is 0 Å². The van der Waals surface area contributed by atoms with Crippen molar-refractivity contribution < 1.29 is 9.53 Å². The topological polar surface area (TPSA) is 41.6 Å². The molecular weight excluding hydrogens is 180 g/mol. The van der Waals surface area contributed by atoms with Crippen LogP contribution in [0.15, 0.2) is 0 Å². The van der Waals surface area contributed by atoms with Gasteiger partial charge in [-0.2, -0.15) is 0 Å². The number of nitrogens with zero attached hydrogens (tertiary/aromatic N) is 1. The van der Waals surface area contributed by atoms with Crippen LogP contribution in [0.2, 0.25) is 0 Å². The molecule has 0 saturated heterocycles. The third-order valence-electron chi connectivity index (χ3n) is 1.59. The quantitative estimate of drug-likeness (QED) is 0.659. The van der Waals surface area contributed by atoms with Crippen LogP contribution in [0.4, 0.5) is 0 Å². The Balaban J connectivity index is 3.35. The highest BCUT2D eigenvalue weighted by Gasteiger charge is 2.09. The highest BCUT2D eigenvalue weighted by molar-refractivity contribution is 5.77. The van der Waals surface area contributed by atoms with Gasteiger partial charge in [0.15, 0.2) is 0 Å². The molecule has 0 bridgehead atoms. The third kappa shape index (κ3) is 8.01. The number of nitrogens with one attached hydrogen (secondary N) is 1. The summed E-state index contributed by atoms with van der Waals surface area (Å²) in [6.07, 6.45) is 0. The van der Waals surface area contributed by atoms with E-state index < -0.39 is 0 Å². The molecule has 84 valence electrons. The molecule has 0 spiro atoms. The first-order chi connectivity index (χ1) is 6.33. The van der Waals surface area contributed by atoms with Gasteiger partial charge in [0.1, 0.15) is 0 Å². The Bertz CT molecular complexity index is 173. The van der Waals surface area contributed by atoms with Crippen molar-refractivity contribution in [3.05, 3.63) is 0 Å². The lowest BCUT2D eigenvalue weighted by Gasteiger charge is -2.19. The van der Waals surface area contributed by atoms with E-state index in [2.05, 4.69) is 5.32 Å². The summed E-state index contributed by atoms with van der Waals surface area (Å²) >= 11 is 0. The second kappa shape index (κ2) is 5.98. The Morgan fingerprint density at radius 1 is 1.36 bits per heavy atom. The molecular formula is C10H22N2O2. The summed E-state index contributed by atoms with van der Waals surface area (Å²) in [4.78, 5) is 12.7. The fourth-order valence-electron chi connectivity index (χ4n) is 0.783. The molecule has 4 heteroatoms. The van der Waals surface area contributed by atoms with Crippen LogP contribution >= 0.6 is 0 Å². The Labute approximate surface area is 86.6 Å². The molecule has 0 aliphatic rings. The van der Waals surface area contributed by atoms with Crippen LogP contribution in [-0.2, 0) is 9.53 Å². The van der Waals surface area contributed by atoms with Crippen LogP contribution in [0, 0.1) is 0 Å². The van der Waals surface area contributed by atoms with Gasteiger partial charge in [-0.25, -0.2) is 0 Å². The van der Waals surface area contributed by atoms with Gasteiger partial charge in [0.2, 0.25) is 5.91 Å². The maximum absolute atomic E-state index is 11.1. The van der Waals surface area contributed by atoms with E-state index in [4.69, 9.17) is 4.74 Å². The van der Waals surface area contributed by atoms with Crippen molar-refractivity contribution in [2.75, 3.05) is 33.8 Å². The lowest BCUT2D eigenvalue weighted by molar-refractivity contribution is -0.127. The zero-order valence-corrected chi connectivity index (χ0v) is 9.89. The maximum Gasteiger partial charge on any atom is 0.236 e. The Kier molecular flexibility index (Phi) is 5.72. The number of hydrogen-bond acceptors (Lipinski definition) is 3. The van der Waals surface area contributed by atoms with E-state index in [1.54, 1.807) is 19.0 Å². The fourth-order valence-corrected chi connectivity index (χ4v) is 0.783. The van der Waals surface area contributed by atoms with E-state index in [1.165, 1.54) is 0 Å². The van der Waals surface area contributed by atoms with E-state index in [9.17, 15) is 4.79 Å². The molecule has 0 unspecified atom stereocenters. The molecule has 1 amide bonds. The van der Waals surface area contributed by atoms with Gasteiger partial charge in [-0.3, -0.25) is 4.79 Å². The van der Waals surface area contributed by atoms with Crippen LogP contribution in [0.1, 0.15) is 20.8 Å². The van der Waals surface area contributed by atoms with Crippen LogP contribution in [0.25, 0.3) is 0 Å². The highest BCUT2D eigenvalue weighted by atomic mass is 16.5. The van der Waals surface area contributed by atoms with Crippen molar-refractivity contribution in [3.63, 3.8) is 0 Å². The second-order valence-corrected chi connectivity index (χ2v) is 4.43. The number of likely N-dealkylation sites (N-methyl/N-ethyl adjacent to an activating group) is 1. The van der Waals surface area contributed by atoms with Crippen molar-refractivity contribution in [3.8, 4) is 0 Å². The van der Waals surface area contributed by atoms with Gasteiger partial charge in [0.05, 0.1) is 18.8 Å². The van der Waals surface area contributed by atoms with Crippen molar-refractivity contribution in [1.29, 1.82) is 0 Å². The van der Waals surface area contributed by atoms with E-state index in [1.807, 2.05) is 20.8 Å². The summed E-state index contributed by atoms with van der Waals surface area (Å²) in [5, 5.41) is 3.02. The third-order valence-corrected chi connectivity index (χ3v) is 1.59. The number of carbonyl (C=O) groups is 1. The molecule has 0 heterocycles. The summed E-state index contributed by atoms with van der Waals surface area (Å²) in [7, 11) is 3.49. The molecule has 14 heavy (non-hydrogen) atoms. The maximum atomic E-state index is 11.1. The van der Waals surface area contributed by atoms with Gasteiger partial charge < -0.3 is 15.0 Å². The molecule has 0 rings (SSSR count).